The molecule has 3 rings (SSSR count). The molecule has 1 amide bonds. The van der Waals surface area contributed by atoms with Crippen LogP contribution in [0.25, 0.3) is 0 Å². The maximum Gasteiger partial charge on any atom is 0.220 e. The lowest BCUT2D eigenvalue weighted by atomic mass is 9.96. The van der Waals surface area contributed by atoms with Crippen LogP contribution in [0, 0.1) is 0 Å². The minimum absolute atomic E-state index is 0.241. The molecule has 0 saturated carbocycles. The topological polar surface area (TPSA) is 307 Å². The van der Waals surface area contributed by atoms with Crippen LogP contribution in [0.4, 0.5) is 0 Å². The second kappa shape index (κ2) is 71.4. The monoisotopic (exact) mass is 1570 g/mol. The summed E-state index contributed by atoms with van der Waals surface area (Å²) >= 11 is 0. The van der Waals surface area contributed by atoms with Gasteiger partial charge in [0.1, 0.15) is 73.2 Å². The zero-order chi connectivity index (χ0) is 79.5. The fourth-order valence-electron chi connectivity index (χ4n) is 16.1. The van der Waals surface area contributed by atoms with Crippen LogP contribution >= 0.6 is 0 Å². The molecule has 12 N–H and O–H groups in total. The summed E-state index contributed by atoms with van der Waals surface area (Å²) in [6.45, 7) is 1.80. The molecule has 19 heteroatoms. The van der Waals surface area contributed by atoms with E-state index in [2.05, 4.69) is 31.3 Å². The number of hydrogen-bond acceptors (Lipinski definition) is 18. The largest absolute Gasteiger partial charge is 0.394 e. The molecule has 17 atom stereocenters. The third-order valence-corrected chi connectivity index (χ3v) is 23.5. The average Bonchev–Trinajstić information content (AvgIpc) is 0.779. The highest BCUT2D eigenvalue weighted by Crippen LogP contribution is 2.34. The maximum atomic E-state index is 13.5. The number of carbonyl (C=O) groups is 1. The van der Waals surface area contributed by atoms with Gasteiger partial charge in [-0.1, -0.05) is 404 Å². The number of amides is 1. The Morgan fingerprint density at radius 1 is 0.318 bits per heavy atom. The van der Waals surface area contributed by atoms with Gasteiger partial charge < -0.3 is 89.9 Å². The van der Waals surface area contributed by atoms with Crippen molar-refractivity contribution in [3.63, 3.8) is 0 Å². The summed E-state index contributed by atoms with van der Waals surface area (Å²) in [5.41, 5.74) is 0. The van der Waals surface area contributed by atoms with Crippen LogP contribution in [0.3, 0.4) is 0 Å². The van der Waals surface area contributed by atoms with E-state index in [1.165, 1.54) is 347 Å². The molecule has 0 aromatic rings. The first-order valence-corrected chi connectivity index (χ1v) is 46.6. The van der Waals surface area contributed by atoms with Crippen LogP contribution in [0.2, 0.25) is 0 Å². The minimum atomic E-state index is -1.98. The van der Waals surface area contributed by atoms with Gasteiger partial charge in [-0.15, -0.1) is 0 Å². The normalized spacial score (nSPS) is 25.2. The molecule has 0 aliphatic carbocycles. The summed E-state index contributed by atoms with van der Waals surface area (Å²) in [6.07, 6.45) is 63.5. The van der Waals surface area contributed by atoms with Crippen molar-refractivity contribution in [2.75, 3.05) is 26.4 Å². The van der Waals surface area contributed by atoms with Crippen molar-refractivity contribution < 1.29 is 89.4 Å². The highest BCUT2D eigenvalue weighted by molar-refractivity contribution is 5.76. The molecule has 0 bridgehead atoms. The van der Waals surface area contributed by atoms with Crippen molar-refractivity contribution in [3.8, 4) is 0 Å². The van der Waals surface area contributed by atoms with E-state index in [4.69, 9.17) is 28.4 Å². The van der Waals surface area contributed by atoms with E-state index in [9.17, 15) is 61.0 Å². The van der Waals surface area contributed by atoms with Gasteiger partial charge in [0, 0.05) is 6.42 Å². The van der Waals surface area contributed by atoms with Crippen molar-refractivity contribution >= 4 is 5.91 Å². The summed E-state index contributed by atoms with van der Waals surface area (Å²) < 4.78 is 34.5. The number of carbonyl (C=O) groups excluding carboxylic acids is 1. The van der Waals surface area contributed by atoms with Gasteiger partial charge in [-0.05, 0) is 32.1 Å². The van der Waals surface area contributed by atoms with Crippen LogP contribution in [-0.2, 0) is 33.2 Å². The molecule has 0 radical (unpaired) electrons. The predicted molar refractivity (Wildman–Crippen MR) is 443 cm³/mol. The maximum absolute atomic E-state index is 13.5. The van der Waals surface area contributed by atoms with Gasteiger partial charge in [0.2, 0.25) is 5.91 Å². The Hall–Kier alpha value is -1.73. The lowest BCUT2D eigenvalue weighted by Gasteiger charge is -2.48. The number of allylic oxidation sites excluding steroid dienone is 3. The van der Waals surface area contributed by atoms with Gasteiger partial charge in [0.15, 0.2) is 18.9 Å². The fraction of sp³-hybridized carbons (Fsp3) is 0.945. The zero-order valence-corrected chi connectivity index (χ0v) is 70.3. The summed E-state index contributed by atoms with van der Waals surface area (Å²) in [4.78, 5) is 13.5. The Morgan fingerprint density at radius 3 is 0.909 bits per heavy atom. The number of unbranched alkanes of at least 4 members (excludes halogenated alkanes) is 59. The van der Waals surface area contributed by atoms with Gasteiger partial charge in [0.25, 0.3) is 0 Å². The second-order valence-electron chi connectivity index (χ2n) is 33.5. The standard InChI is InChI=1S/C91H173NO18/c1-3-5-7-9-11-13-15-17-19-21-23-25-27-29-31-33-35-37-39-41-43-45-47-49-51-53-55-57-59-61-63-65-67-69-79(97)92-74(75(96)68-66-64-62-60-58-56-54-52-50-48-46-44-42-40-38-36-34-32-30-28-26-24-22-20-18-16-14-12-10-8-6-4-2)73-105-89-85(103)82(100)87(77(71-94)107-89)110-91-86(104)83(101)88(78(72-95)108-91)109-90-84(102)81(99)80(98)76(70-93)106-90/h58,60,66,68,74-78,80-91,93-96,98-104H,3-57,59,61-65,67,69-73H2,1-2H3,(H,92,97)/b60-58+,68-66+. The van der Waals surface area contributed by atoms with E-state index in [0.717, 1.165) is 38.5 Å². The van der Waals surface area contributed by atoms with Crippen LogP contribution in [0.15, 0.2) is 24.3 Å². The summed E-state index contributed by atoms with van der Waals surface area (Å²) in [7, 11) is 0. The third-order valence-electron chi connectivity index (χ3n) is 23.5. The van der Waals surface area contributed by atoms with Crippen LogP contribution in [0.1, 0.15) is 418 Å². The molecule has 17 unspecified atom stereocenters. The van der Waals surface area contributed by atoms with Crippen molar-refractivity contribution in [2.45, 2.75) is 523 Å². The van der Waals surface area contributed by atoms with Crippen molar-refractivity contribution in [3.05, 3.63) is 24.3 Å². The van der Waals surface area contributed by atoms with Crippen LogP contribution < -0.4 is 5.32 Å². The van der Waals surface area contributed by atoms with Crippen molar-refractivity contribution in [1.82, 2.24) is 5.32 Å². The van der Waals surface area contributed by atoms with E-state index in [1.54, 1.807) is 6.08 Å². The van der Waals surface area contributed by atoms with E-state index in [-0.39, 0.29) is 18.9 Å². The first kappa shape index (κ1) is 102. The van der Waals surface area contributed by atoms with Crippen molar-refractivity contribution in [2.24, 2.45) is 0 Å². The van der Waals surface area contributed by atoms with E-state index in [0.29, 0.717) is 12.8 Å². The van der Waals surface area contributed by atoms with Crippen LogP contribution in [0.5, 0.6) is 0 Å². The number of nitrogens with one attached hydrogen (secondary N) is 1. The van der Waals surface area contributed by atoms with Crippen molar-refractivity contribution in [1.29, 1.82) is 0 Å². The molecule has 3 aliphatic heterocycles. The van der Waals surface area contributed by atoms with Gasteiger partial charge >= 0.3 is 0 Å². The SMILES string of the molecule is CCCCCCCCCCCCCCCCCCCCCCCCCCCC/C=C/CC/C=C/C(O)C(COC1OC(CO)C(OC2OC(CO)C(OC3OC(CO)C(O)C(O)C3O)C(O)C2O)C(O)C1O)NC(=O)CCCCCCCCCCCCCCCCCCCCCCCCCCCCCCCCCCC. The van der Waals surface area contributed by atoms with E-state index < -0.39 is 124 Å². The lowest BCUT2D eigenvalue weighted by molar-refractivity contribution is -0.379. The van der Waals surface area contributed by atoms with E-state index in [1.807, 2.05) is 6.08 Å². The molecule has 3 aliphatic rings. The summed E-state index contributed by atoms with van der Waals surface area (Å²) in [6, 6.07) is -0.990. The number of aliphatic hydroxyl groups excluding tert-OH is 11. The Labute approximate surface area is 670 Å². The summed E-state index contributed by atoms with van der Waals surface area (Å²) in [5, 5.41) is 121. The van der Waals surface area contributed by atoms with Gasteiger partial charge in [0.05, 0.1) is 38.6 Å². The molecule has 19 nitrogen and oxygen atoms in total. The molecule has 650 valence electrons. The molecule has 3 saturated heterocycles. The fourth-order valence-corrected chi connectivity index (χ4v) is 16.1. The molecular weight excluding hydrogens is 1390 g/mol. The van der Waals surface area contributed by atoms with Gasteiger partial charge in [-0.3, -0.25) is 4.79 Å². The number of aliphatic hydroxyl groups is 11. The zero-order valence-electron chi connectivity index (χ0n) is 70.3. The Balaban J connectivity index is 1.32. The third kappa shape index (κ3) is 49.5. The molecule has 0 aromatic carbocycles. The molecule has 3 heterocycles. The average molecular weight is 1570 g/mol. The van der Waals surface area contributed by atoms with Crippen LogP contribution in [-0.4, -0.2) is 193 Å². The first-order chi connectivity index (χ1) is 53.8. The predicted octanol–water partition coefficient (Wildman–Crippen LogP) is 18.0. The number of ether oxygens (including phenoxy) is 6. The second-order valence-corrected chi connectivity index (χ2v) is 33.5. The Kier molecular flexibility index (Phi) is 66.5. The molecule has 0 aromatic heterocycles. The van der Waals surface area contributed by atoms with Gasteiger partial charge in [-0.2, -0.15) is 0 Å². The van der Waals surface area contributed by atoms with E-state index >= 15 is 0 Å². The quantitative estimate of drug-likeness (QED) is 0.0199. The highest BCUT2D eigenvalue weighted by Gasteiger charge is 2.54. The molecular formula is C91H173NO18. The number of hydrogen-bond donors (Lipinski definition) is 12. The molecule has 0 spiro atoms. The first-order valence-electron chi connectivity index (χ1n) is 46.6. The smallest absolute Gasteiger partial charge is 0.220 e. The molecule has 110 heavy (non-hydrogen) atoms. The Morgan fingerprint density at radius 2 is 0.582 bits per heavy atom. The highest BCUT2D eigenvalue weighted by atomic mass is 16.8. The minimum Gasteiger partial charge on any atom is -0.394 e. The van der Waals surface area contributed by atoms with Gasteiger partial charge in [-0.25, -0.2) is 0 Å². The Bertz CT molecular complexity index is 2070. The molecule has 3 fully saturated rings. The summed E-state index contributed by atoms with van der Waals surface area (Å²) in [5.74, 6) is -0.275. The number of rotatable bonds is 77. The lowest BCUT2D eigenvalue weighted by Crippen LogP contribution is -2.66.